The van der Waals surface area contributed by atoms with E-state index in [1.54, 1.807) is 31.4 Å². The number of hydrogen-bond donors (Lipinski definition) is 4. The van der Waals surface area contributed by atoms with Crippen molar-refractivity contribution in [1.82, 2.24) is 9.97 Å². The topological polar surface area (TPSA) is 134 Å². The molecular weight excluding hydrogens is 458 g/mol. The van der Waals surface area contributed by atoms with E-state index in [0.717, 1.165) is 12.2 Å². The summed E-state index contributed by atoms with van der Waals surface area (Å²) in [6.45, 7) is 6.70. The summed E-state index contributed by atoms with van der Waals surface area (Å²) in [6, 6.07) is 13.4. The van der Waals surface area contributed by atoms with Gasteiger partial charge in [0.2, 0.25) is 11.9 Å². The Morgan fingerprint density at radius 1 is 1.17 bits per heavy atom. The number of methoxy groups -OCH3 is 1. The Balaban J connectivity index is 1.63. The first-order chi connectivity index (χ1) is 17.4. The van der Waals surface area contributed by atoms with Gasteiger partial charge in [-0.25, -0.2) is 4.98 Å². The molecule has 3 aromatic rings. The van der Waals surface area contributed by atoms with Gasteiger partial charge in [0.1, 0.15) is 17.1 Å². The molecule has 1 saturated heterocycles. The third kappa shape index (κ3) is 5.38. The molecule has 2 aromatic carbocycles. The maximum Gasteiger partial charge on any atom is 0.254 e. The van der Waals surface area contributed by atoms with Crippen LogP contribution in [0, 0.1) is 0 Å². The van der Waals surface area contributed by atoms with E-state index >= 15 is 0 Å². The van der Waals surface area contributed by atoms with E-state index < -0.39 is 5.91 Å². The van der Waals surface area contributed by atoms with Crippen LogP contribution in [0.3, 0.4) is 0 Å². The summed E-state index contributed by atoms with van der Waals surface area (Å²) in [7, 11) is 1.61. The van der Waals surface area contributed by atoms with Crippen LogP contribution >= 0.6 is 0 Å². The van der Waals surface area contributed by atoms with Gasteiger partial charge in [0.05, 0.1) is 24.2 Å². The van der Waals surface area contributed by atoms with Crippen molar-refractivity contribution >= 4 is 46.3 Å². The van der Waals surface area contributed by atoms with Crippen LogP contribution in [-0.2, 0) is 4.79 Å². The first-order valence-electron chi connectivity index (χ1n) is 11.6. The van der Waals surface area contributed by atoms with Crippen molar-refractivity contribution in [2.75, 3.05) is 34.5 Å². The van der Waals surface area contributed by atoms with Crippen LogP contribution in [0.25, 0.3) is 0 Å². The molecule has 1 aromatic heterocycles. The lowest BCUT2D eigenvalue weighted by molar-refractivity contribution is -0.111. The molecule has 0 saturated carbocycles. The first kappa shape index (κ1) is 24.5. The second-order valence-corrected chi connectivity index (χ2v) is 8.38. The SMILES string of the molecule is C=CC(=O)Nc1ccccc1Nc1nc(Nc2ccc(N3CCC[C@@H]3C)cc2OC)ncc1C(N)=O. The normalized spacial score (nSPS) is 14.7. The van der Waals surface area contributed by atoms with E-state index in [0.29, 0.717) is 28.9 Å². The van der Waals surface area contributed by atoms with Gasteiger partial charge < -0.3 is 31.3 Å². The van der Waals surface area contributed by atoms with E-state index in [1.807, 2.05) is 18.2 Å². The van der Waals surface area contributed by atoms with Crippen LogP contribution in [0.2, 0.25) is 0 Å². The number of nitrogens with zero attached hydrogens (tertiary/aromatic N) is 3. The van der Waals surface area contributed by atoms with Gasteiger partial charge in [-0.15, -0.1) is 0 Å². The van der Waals surface area contributed by atoms with Crippen molar-refractivity contribution in [1.29, 1.82) is 0 Å². The Morgan fingerprint density at radius 2 is 1.94 bits per heavy atom. The number of para-hydroxylation sites is 2. The number of benzene rings is 2. The number of aromatic nitrogens is 2. The molecule has 186 valence electrons. The number of primary amides is 1. The predicted octanol–water partition coefficient (Wildman–Crippen LogP) is 4.18. The molecule has 1 atom stereocenters. The molecule has 0 spiro atoms. The largest absolute Gasteiger partial charge is 0.494 e. The van der Waals surface area contributed by atoms with Gasteiger partial charge in [-0.1, -0.05) is 18.7 Å². The summed E-state index contributed by atoms with van der Waals surface area (Å²) >= 11 is 0. The number of nitrogens with two attached hydrogens (primary N) is 1. The molecular formula is C26H29N7O3. The highest BCUT2D eigenvalue weighted by atomic mass is 16.5. The fourth-order valence-corrected chi connectivity index (χ4v) is 4.13. The lowest BCUT2D eigenvalue weighted by Crippen LogP contribution is -2.26. The zero-order chi connectivity index (χ0) is 25.7. The van der Waals surface area contributed by atoms with Crippen molar-refractivity contribution in [2.24, 2.45) is 5.73 Å². The molecule has 0 radical (unpaired) electrons. The molecule has 5 N–H and O–H groups in total. The maximum atomic E-state index is 12.1. The standard InChI is InChI=1S/C26H29N7O3/c1-4-23(34)29-19-9-5-6-10-20(19)30-25-18(24(27)35)15-28-26(32-25)31-21-12-11-17(14-22(21)36-3)33-13-7-8-16(33)2/h4-6,9-12,14-16H,1,7-8,13H2,2-3H3,(H2,27,35)(H,29,34)(H2,28,30,31,32)/t16-/m0/s1. The minimum Gasteiger partial charge on any atom is -0.494 e. The Kier molecular flexibility index (Phi) is 7.33. The highest BCUT2D eigenvalue weighted by Crippen LogP contribution is 2.35. The van der Waals surface area contributed by atoms with Gasteiger partial charge in [-0.3, -0.25) is 9.59 Å². The van der Waals surface area contributed by atoms with Crippen molar-refractivity contribution in [3.63, 3.8) is 0 Å². The monoisotopic (exact) mass is 487 g/mol. The van der Waals surface area contributed by atoms with E-state index in [9.17, 15) is 9.59 Å². The summed E-state index contributed by atoms with van der Waals surface area (Å²) < 4.78 is 5.62. The van der Waals surface area contributed by atoms with E-state index in [2.05, 4.69) is 44.3 Å². The fraction of sp³-hybridized carbons (Fsp3) is 0.231. The molecule has 4 rings (SSSR count). The Hall–Kier alpha value is -4.60. The van der Waals surface area contributed by atoms with Crippen LogP contribution in [0.4, 0.5) is 34.5 Å². The third-order valence-corrected chi connectivity index (χ3v) is 5.99. The second-order valence-electron chi connectivity index (χ2n) is 8.38. The minimum atomic E-state index is -0.696. The number of anilines is 6. The molecule has 0 unspecified atom stereocenters. The lowest BCUT2D eigenvalue weighted by Gasteiger charge is -2.25. The van der Waals surface area contributed by atoms with Gasteiger partial charge in [-0.05, 0) is 50.1 Å². The number of carbonyl (C=O) groups is 2. The zero-order valence-electron chi connectivity index (χ0n) is 20.2. The highest BCUT2D eigenvalue weighted by molar-refractivity contribution is 6.02. The van der Waals surface area contributed by atoms with Gasteiger partial charge in [0.25, 0.3) is 5.91 Å². The Bertz CT molecular complexity index is 1290. The van der Waals surface area contributed by atoms with Crippen LogP contribution in [0.15, 0.2) is 61.3 Å². The molecule has 0 aliphatic carbocycles. The molecule has 10 nitrogen and oxygen atoms in total. The quantitative estimate of drug-likeness (QED) is 0.330. The third-order valence-electron chi connectivity index (χ3n) is 5.99. The fourth-order valence-electron chi connectivity index (χ4n) is 4.13. The zero-order valence-corrected chi connectivity index (χ0v) is 20.2. The van der Waals surface area contributed by atoms with E-state index in [1.165, 1.54) is 25.1 Å². The molecule has 0 bridgehead atoms. The molecule has 10 heteroatoms. The minimum absolute atomic E-state index is 0.0933. The summed E-state index contributed by atoms with van der Waals surface area (Å²) in [6.07, 6.45) is 4.84. The molecule has 1 aliphatic rings. The number of nitrogens with one attached hydrogen (secondary N) is 3. The summed E-state index contributed by atoms with van der Waals surface area (Å²) in [5, 5.41) is 8.95. The van der Waals surface area contributed by atoms with Crippen molar-refractivity contribution in [3.05, 3.63) is 66.9 Å². The van der Waals surface area contributed by atoms with Crippen LogP contribution in [-0.4, -0.2) is 41.5 Å². The van der Waals surface area contributed by atoms with Gasteiger partial charge >= 0.3 is 0 Å². The highest BCUT2D eigenvalue weighted by Gasteiger charge is 2.22. The van der Waals surface area contributed by atoms with Gasteiger partial charge in [0.15, 0.2) is 0 Å². The van der Waals surface area contributed by atoms with E-state index in [-0.39, 0.29) is 23.2 Å². The number of ether oxygens (including phenoxy) is 1. The number of hydrogen-bond acceptors (Lipinski definition) is 8. The van der Waals surface area contributed by atoms with Crippen molar-refractivity contribution < 1.29 is 14.3 Å². The Labute approximate surface area is 209 Å². The number of rotatable bonds is 9. The van der Waals surface area contributed by atoms with Crippen LogP contribution < -0.4 is 31.3 Å². The van der Waals surface area contributed by atoms with Gasteiger partial charge in [-0.2, -0.15) is 4.98 Å². The second kappa shape index (κ2) is 10.8. The van der Waals surface area contributed by atoms with Crippen LogP contribution in [0.5, 0.6) is 5.75 Å². The van der Waals surface area contributed by atoms with Crippen molar-refractivity contribution in [3.8, 4) is 5.75 Å². The average molecular weight is 488 g/mol. The van der Waals surface area contributed by atoms with Gasteiger partial charge in [0, 0.05) is 30.5 Å². The lowest BCUT2D eigenvalue weighted by atomic mass is 10.2. The smallest absolute Gasteiger partial charge is 0.254 e. The molecule has 36 heavy (non-hydrogen) atoms. The summed E-state index contributed by atoms with van der Waals surface area (Å²) in [4.78, 5) is 35.0. The molecule has 2 amide bonds. The summed E-state index contributed by atoms with van der Waals surface area (Å²) in [5.74, 6) is -0.0136. The number of carbonyl (C=O) groups excluding carboxylic acids is 2. The molecule has 1 fully saturated rings. The number of amides is 2. The van der Waals surface area contributed by atoms with E-state index in [4.69, 9.17) is 10.5 Å². The maximum absolute atomic E-state index is 12.1. The summed E-state index contributed by atoms with van der Waals surface area (Å²) in [5.41, 5.74) is 8.41. The Morgan fingerprint density at radius 3 is 2.61 bits per heavy atom. The average Bonchev–Trinajstić information content (AvgIpc) is 3.31. The predicted molar refractivity (Wildman–Crippen MR) is 141 cm³/mol. The van der Waals surface area contributed by atoms with Crippen molar-refractivity contribution in [2.45, 2.75) is 25.8 Å². The molecule has 1 aliphatic heterocycles. The molecule has 2 heterocycles. The van der Waals surface area contributed by atoms with Crippen LogP contribution in [0.1, 0.15) is 30.1 Å². The first-order valence-corrected chi connectivity index (χ1v) is 11.6.